The first-order valence-corrected chi connectivity index (χ1v) is 9.14. The highest BCUT2D eigenvalue weighted by molar-refractivity contribution is 5.72. The molecule has 0 spiro atoms. The van der Waals surface area contributed by atoms with E-state index in [0.29, 0.717) is 12.8 Å². The summed E-state index contributed by atoms with van der Waals surface area (Å²) in [5, 5.41) is 0. The molecule has 0 bridgehead atoms. The van der Waals surface area contributed by atoms with Crippen LogP contribution in [0.15, 0.2) is 0 Å². The number of hydrogen-bond donors (Lipinski definition) is 0. The van der Waals surface area contributed by atoms with Crippen molar-refractivity contribution in [1.82, 2.24) is 0 Å². The van der Waals surface area contributed by atoms with E-state index < -0.39 is 11.9 Å². The Morgan fingerprint density at radius 1 is 0.682 bits per heavy atom. The summed E-state index contributed by atoms with van der Waals surface area (Å²) in [5.41, 5.74) is 0. The molecule has 4 nitrogen and oxygen atoms in total. The van der Waals surface area contributed by atoms with Crippen LogP contribution in [0.4, 0.5) is 0 Å². The van der Waals surface area contributed by atoms with Crippen LogP contribution < -0.4 is 0 Å². The van der Waals surface area contributed by atoms with Crippen molar-refractivity contribution in [2.75, 3.05) is 0 Å². The van der Waals surface area contributed by atoms with Gasteiger partial charge in [-0.3, -0.25) is 0 Å². The van der Waals surface area contributed by atoms with Crippen molar-refractivity contribution in [2.45, 2.75) is 89.9 Å². The SMILES string of the molecule is O=C(CCCC1CCCC1)OOC(=O)CCCC1CCCC1. The van der Waals surface area contributed by atoms with E-state index in [1.807, 2.05) is 0 Å². The van der Waals surface area contributed by atoms with E-state index in [0.717, 1.165) is 37.5 Å². The van der Waals surface area contributed by atoms with Crippen molar-refractivity contribution in [3.05, 3.63) is 0 Å². The fraction of sp³-hybridized carbons (Fsp3) is 0.889. The second-order valence-corrected chi connectivity index (χ2v) is 7.00. The lowest BCUT2D eigenvalue weighted by atomic mass is 10.0. The summed E-state index contributed by atoms with van der Waals surface area (Å²) in [5.74, 6) is 0.737. The van der Waals surface area contributed by atoms with Crippen LogP contribution in [-0.4, -0.2) is 11.9 Å². The summed E-state index contributed by atoms with van der Waals surface area (Å²) in [6.45, 7) is 0. The Morgan fingerprint density at radius 3 is 1.41 bits per heavy atom. The summed E-state index contributed by atoms with van der Waals surface area (Å²) >= 11 is 0. The van der Waals surface area contributed by atoms with Crippen molar-refractivity contribution >= 4 is 11.9 Å². The van der Waals surface area contributed by atoms with Gasteiger partial charge in [-0.15, -0.1) is 0 Å². The lowest BCUT2D eigenvalue weighted by Crippen LogP contribution is -2.11. The quantitative estimate of drug-likeness (QED) is 0.481. The predicted molar refractivity (Wildman–Crippen MR) is 83.8 cm³/mol. The van der Waals surface area contributed by atoms with Crippen molar-refractivity contribution in [1.29, 1.82) is 0 Å². The molecule has 2 saturated carbocycles. The first-order chi connectivity index (χ1) is 10.7. The predicted octanol–water partition coefficient (Wildman–Crippen LogP) is 4.71. The highest BCUT2D eigenvalue weighted by atomic mass is 17.2. The third-order valence-corrected chi connectivity index (χ3v) is 5.16. The topological polar surface area (TPSA) is 52.6 Å². The van der Waals surface area contributed by atoms with E-state index in [-0.39, 0.29) is 0 Å². The fourth-order valence-electron chi connectivity index (χ4n) is 3.84. The molecule has 0 radical (unpaired) electrons. The van der Waals surface area contributed by atoms with Gasteiger partial charge in [0.05, 0.1) is 12.8 Å². The second-order valence-electron chi connectivity index (χ2n) is 7.00. The van der Waals surface area contributed by atoms with Crippen molar-refractivity contribution < 1.29 is 19.4 Å². The van der Waals surface area contributed by atoms with Crippen LogP contribution in [-0.2, 0) is 19.4 Å². The van der Waals surface area contributed by atoms with E-state index in [2.05, 4.69) is 9.78 Å². The average molecular weight is 310 g/mol. The fourth-order valence-corrected chi connectivity index (χ4v) is 3.84. The molecule has 126 valence electrons. The van der Waals surface area contributed by atoms with Gasteiger partial charge in [0.25, 0.3) is 0 Å². The Kier molecular flexibility index (Phi) is 7.75. The molecule has 0 aromatic rings. The molecule has 2 fully saturated rings. The summed E-state index contributed by atoms with van der Waals surface area (Å²) in [7, 11) is 0. The highest BCUT2D eigenvalue weighted by Gasteiger charge is 2.17. The van der Waals surface area contributed by atoms with E-state index >= 15 is 0 Å². The van der Waals surface area contributed by atoms with Crippen LogP contribution in [0.25, 0.3) is 0 Å². The van der Waals surface area contributed by atoms with Gasteiger partial charge in [-0.2, -0.15) is 0 Å². The monoisotopic (exact) mass is 310 g/mol. The zero-order valence-electron chi connectivity index (χ0n) is 13.7. The molecule has 0 N–H and O–H groups in total. The number of rotatable bonds is 8. The molecule has 0 aromatic carbocycles. The third-order valence-electron chi connectivity index (χ3n) is 5.16. The molecule has 2 aliphatic carbocycles. The Balaban J connectivity index is 1.43. The van der Waals surface area contributed by atoms with Crippen LogP contribution >= 0.6 is 0 Å². The second kappa shape index (κ2) is 9.86. The standard InChI is InChI=1S/C18H30O4/c19-17(13-5-11-15-7-1-2-8-15)21-22-18(20)14-6-12-16-9-3-4-10-16/h15-16H,1-14H2. The smallest absolute Gasteiger partial charge is 0.247 e. The van der Waals surface area contributed by atoms with Crippen molar-refractivity contribution in [3.63, 3.8) is 0 Å². The molecule has 4 heteroatoms. The third kappa shape index (κ3) is 6.80. The maximum atomic E-state index is 11.5. The van der Waals surface area contributed by atoms with Gasteiger partial charge in [-0.25, -0.2) is 19.4 Å². The molecule has 2 aliphatic rings. The summed E-state index contributed by atoms with van der Waals surface area (Å²) in [6, 6.07) is 0. The van der Waals surface area contributed by atoms with Gasteiger partial charge >= 0.3 is 11.9 Å². The van der Waals surface area contributed by atoms with Gasteiger partial charge in [0, 0.05) is 0 Å². The van der Waals surface area contributed by atoms with Gasteiger partial charge in [0.1, 0.15) is 0 Å². The zero-order valence-corrected chi connectivity index (χ0v) is 13.7. The van der Waals surface area contributed by atoms with Crippen LogP contribution in [0.2, 0.25) is 0 Å². The van der Waals surface area contributed by atoms with E-state index in [1.165, 1.54) is 51.4 Å². The van der Waals surface area contributed by atoms with Crippen LogP contribution in [0, 0.1) is 11.8 Å². The molecule has 2 rings (SSSR count). The minimum Gasteiger partial charge on any atom is -0.247 e. The van der Waals surface area contributed by atoms with Gasteiger partial charge in [0.2, 0.25) is 0 Å². The largest absolute Gasteiger partial charge is 0.355 e. The van der Waals surface area contributed by atoms with E-state index in [1.54, 1.807) is 0 Å². The Labute approximate surface area is 133 Å². The minimum atomic E-state index is -0.415. The van der Waals surface area contributed by atoms with Crippen molar-refractivity contribution in [3.8, 4) is 0 Å². The van der Waals surface area contributed by atoms with Gasteiger partial charge in [0.15, 0.2) is 0 Å². The first-order valence-electron chi connectivity index (χ1n) is 9.14. The first kappa shape index (κ1) is 17.3. The molecule has 0 atom stereocenters. The number of hydrogen-bond acceptors (Lipinski definition) is 4. The lowest BCUT2D eigenvalue weighted by Gasteiger charge is -2.08. The molecular formula is C18H30O4. The molecule has 0 aromatic heterocycles. The summed E-state index contributed by atoms with van der Waals surface area (Å²) in [4.78, 5) is 32.2. The van der Waals surface area contributed by atoms with E-state index in [9.17, 15) is 9.59 Å². The molecule has 0 unspecified atom stereocenters. The molecular weight excluding hydrogens is 280 g/mol. The number of carbonyl (C=O) groups excluding carboxylic acids is 2. The highest BCUT2D eigenvalue weighted by Crippen LogP contribution is 2.29. The Bertz CT molecular complexity index is 307. The minimum absolute atomic E-state index is 0.353. The van der Waals surface area contributed by atoms with Crippen LogP contribution in [0.3, 0.4) is 0 Å². The zero-order chi connectivity index (χ0) is 15.6. The van der Waals surface area contributed by atoms with Gasteiger partial charge < -0.3 is 0 Å². The van der Waals surface area contributed by atoms with E-state index in [4.69, 9.17) is 0 Å². The average Bonchev–Trinajstić information content (AvgIpc) is 3.18. The summed E-state index contributed by atoms with van der Waals surface area (Å²) in [6.07, 6.45) is 15.0. The molecule has 22 heavy (non-hydrogen) atoms. The maximum Gasteiger partial charge on any atom is 0.355 e. The summed E-state index contributed by atoms with van der Waals surface area (Å²) < 4.78 is 0. The molecule has 0 aliphatic heterocycles. The Hall–Kier alpha value is -1.06. The van der Waals surface area contributed by atoms with Crippen LogP contribution in [0.1, 0.15) is 89.9 Å². The van der Waals surface area contributed by atoms with Crippen LogP contribution in [0.5, 0.6) is 0 Å². The Morgan fingerprint density at radius 2 is 1.05 bits per heavy atom. The van der Waals surface area contributed by atoms with Gasteiger partial charge in [-0.05, 0) is 37.5 Å². The normalized spacial score (nSPS) is 19.5. The lowest BCUT2D eigenvalue weighted by molar-refractivity contribution is -0.259. The molecule has 0 amide bonds. The van der Waals surface area contributed by atoms with Crippen molar-refractivity contribution in [2.24, 2.45) is 11.8 Å². The molecule has 0 heterocycles. The number of carbonyl (C=O) groups is 2. The molecule has 0 saturated heterocycles. The maximum absolute atomic E-state index is 11.5. The van der Waals surface area contributed by atoms with Gasteiger partial charge in [-0.1, -0.05) is 51.4 Å².